The quantitative estimate of drug-likeness (QED) is 0.370. The Bertz CT molecular complexity index is 686. The Morgan fingerprint density at radius 3 is 2.26 bits per heavy atom. The number of fused-ring (bicyclic) bond motifs is 5. The first kappa shape index (κ1) is 27.8. The first-order valence-corrected chi connectivity index (χ1v) is 14.6. The summed E-state index contributed by atoms with van der Waals surface area (Å²) in [5.74, 6) is 4.84. The van der Waals surface area contributed by atoms with Gasteiger partial charge in [-0.15, -0.1) is 0 Å². The number of ether oxygens (including phenoxy) is 4. The fourth-order valence-corrected chi connectivity index (χ4v) is 10.3. The highest BCUT2D eigenvalue weighted by molar-refractivity contribution is 5.15. The van der Waals surface area contributed by atoms with Gasteiger partial charge in [0.1, 0.15) is 13.6 Å². The molecule has 35 heavy (non-hydrogen) atoms. The van der Waals surface area contributed by atoms with Crippen molar-refractivity contribution in [1.82, 2.24) is 0 Å². The molecule has 0 aromatic rings. The van der Waals surface area contributed by atoms with Gasteiger partial charge in [-0.05, 0) is 96.7 Å². The number of hydrogen-bond donors (Lipinski definition) is 1. The van der Waals surface area contributed by atoms with E-state index in [-0.39, 0.29) is 24.2 Å². The molecule has 4 unspecified atom stereocenters. The number of rotatable bonds is 10. The maximum Gasteiger partial charge on any atom is 0.146 e. The molecule has 5 heteroatoms. The highest BCUT2D eigenvalue weighted by Gasteiger charge is 2.67. The summed E-state index contributed by atoms with van der Waals surface area (Å²) in [5.41, 5.74) is 0.607. The lowest BCUT2D eigenvalue weighted by atomic mass is 9.41. The van der Waals surface area contributed by atoms with Crippen LogP contribution in [0, 0.1) is 58.2 Å². The summed E-state index contributed by atoms with van der Waals surface area (Å²) in [6, 6.07) is 0. The fraction of sp³-hybridized carbons (Fsp3) is 1.00. The Morgan fingerprint density at radius 1 is 0.914 bits per heavy atom. The summed E-state index contributed by atoms with van der Waals surface area (Å²) in [6.07, 6.45) is 10.2. The molecule has 4 rings (SSSR count). The average Bonchev–Trinajstić information content (AvgIpc) is 3.14. The van der Waals surface area contributed by atoms with E-state index >= 15 is 0 Å². The molecule has 0 aromatic heterocycles. The molecule has 4 fully saturated rings. The summed E-state index contributed by atoms with van der Waals surface area (Å²) in [5, 5.41) is 9.82. The van der Waals surface area contributed by atoms with E-state index in [1.165, 1.54) is 38.5 Å². The highest BCUT2D eigenvalue weighted by Crippen LogP contribution is 2.70. The number of methoxy groups -OCH3 is 2. The maximum absolute atomic E-state index is 9.82. The van der Waals surface area contributed by atoms with E-state index < -0.39 is 0 Å². The fourth-order valence-electron chi connectivity index (χ4n) is 10.3. The molecule has 5 nitrogen and oxygen atoms in total. The minimum Gasteiger partial charge on any atom is -0.396 e. The molecule has 204 valence electrons. The Labute approximate surface area is 215 Å². The van der Waals surface area contributed by atoms with E-state index in [2.05, 4.69) is 34.6 Å². The van der Waals surface area contributed by atoms with Gasteiger partial charge in [0.25, 0.3) is 0 Å². The van der Waals surface area contributed by atoms with Crippen molar-refractivity contribution in [3.63, 3.8) is 0 Å². The summed E-state index contributed by atoms with van der Waals surface area (Å²) in [7, 11) is 3.48. The molecule has 12 atom stereocenters. The Morgan fingerprint density at radius 2 is 1.60 bits per heavy atom. The Kier molecular flexibility index (Phi) is 8.96. The zero-order valence-corrected chi connectivity index (χ0v) is 23.6. The third kappa shape index (κ3) is 4.75. The van der Waals surface area contributed by atoms with Crippen molar-refractivity contribution in [1.29, 1.82) is 0 Å². The van der Waals surface area contributed by atoms with Gasteiger partial charge in [-0.1, -0.05) is 47.5 Å². The van der Waals surface area contributed by atoms with Crippen molar-refractivity contribution in [3.05, 3.63) is 0 Å². The van der Waals surface area contributed by atoms with Crippen molar-refractivity contribution in [2.45, 2.75) is 98.2 Å². The second-order valence-electron chi connectivity index (χ2n) is 13.3. The molecule has 0 spiro atoms. The molecule has 0 bridgehead atoms. The lowest BCUT2D eigenvalue weighted by Crippen LogP contribution is -2.62. The smallest absolute Gasteiger partial charge is 0.146 e. The largest absolute Gasteiger partial charge is 0.396 e. The van der Waals surface area contributed by atoms with Gasteiger partial charge in [0.15, 0.2) is 0 Å². The monoisotopic (exact) mass is 494 g/mol. The minimum atomic E-state index is 0.185. The van der Waals surface area contributed by atoms with Crippen LogP contribution in [0.25, 0.3) is 0 Å². The average molecular weight is 495 g/mol. The zero-order valence-electron chi connectivity index (χ0n) is 23.6. The van der Waals surface area contributed by atoms with E-state index in [9.17, 15) is 5.11 Å². The van der Waals surface area contributed by atoms with E-state index in [4.69, 9.17) is 18.9 Å². The minimum absolute atomic E-state index is 0.185. The van der Waals surface area contributed by atoms with Gasteiger partial charge in [0.2, 0.25) is 0 Å². The topological polar surface area (TPSA) is 57.2 Å². The van der Waals surface area contributed by atoms with Crippen molar-refractivity contribution in [2.75, 3.05) is 34.4 Å². The predicted molar refractivity (Wildman–Crippen MR) is 139 cm³/mol. The van der Waals surface area contributed by atoms with Crippen LogP contribution in [0.3, 0.4) is 0 Å². The molecule has 4 saturated carbocycles. The second kappa shape index (κ2) is 11.3. The zero-order chi connectivity index (χ0) is 25.4. The SMILES string of the molecule is CC[C@H]1C(OCOC)C2C3C[C@H](OCOC)[C@H]([C@H](C)CCO)[C@@]3(C)CCC2[C@@]2(C)CC[C@@H](C)C[C@@H]12. The molecule has 0 saturated heterocycles. The molecular weight excluding hydrogens is 440 g/mol. The van der Waals surface area contributed by atoms with Crippen LogP contribution < -0.4 is 0 Å². The van der Waals surface area contributed by atoms with E-state index in [1.807, 2.05) is 0 Å². The number of aliphatic hydroxyl groups is 1. The first-order chi connectivity index (χ1) is 16.8. The number of hydrogen-bond acceptors (Lipinski definition) is 5. The summed E-state index contributed by atoms with van der Waals surface area (Å²) >= 11 is 0. The summed E-state index contributed by atoms with van der Waals surface area (Å²) < 4.78 is 24.0. The van der Waals surface area contributed by atoms with Crippen molar-refractivity contribution >= 4 is 0 Å². The number of aliphatic hydroxyl groups excluding tert-OH is 1. The van der Waals surface area contributed by atoms with E-state index in [0.29, 0.717) is 54.5 Å². The van der Waals surface area contributed by atoms with Gasteiger partial charge in [-0.25, -0.2) is 0 Å². The molecule has 0 radical (unpaired) electrons. The highest BCUT2D eigenvalue weighted by atomic mass is 16.7. The Balaban J connectivity index is 1.74. The third-order valence-corrected chi connectivity index (χ3v) is 11.7. The van der Waals surface area contributed by atoms with E-state index in [0.717, 1.165) is 24.7 Å². The third-order valence-electron chi connectivity index (χ3n) is 11.7. The van der Waals surface area contributed by atoms with Crippen LogP contribution in [-0.2, 0) is 18.9 Å². The van der Waals surface area contributed by atoms with Crippen LogP contribution in [-0.4, -0.2) is 51.7 Å². The van der Waals surface area contributed by atoms with Crippen LogP contribution in [0.2, 0.25) is 0 Å². The summed E-state index contributed by atoms with van der Waals surface area (Å²) in [4.78, 5) is 0. The van der Waals surface area contributed by atoms with E-state index in [1.54, 1.807) is 14.2 Å². The lowest BCUT2D eigenvalue weighted by Gasteiger charge is -2.65. The summed E-state index contributed by atoms with van der Waals surface area (Å²) in [6.45, 7) is 13.4. The van der Waals surface area contributed by atoms with Crippen LogP contribution in [0.1, 0.15) is 86.0 Å². The van der Waals surface area contributed by atoms with Gasteiger partial charge in [0, 0.05) is 20.8 Å². The van der Waals surface area contributed by atoms with Gasteiger partial charge < -0.3 is 24.1 Å². The molecule has 0 amide bonds. The van der Waals surface area contributed by atoms with Crippen LogP contribution in [0.5, 0.6) is 0 Å². The lowest BCUT2D eigenvalue weighted by molar-refractivity contribution is -0.231. The molecule has 1 N–H and O–H groups in total. The van der Waals surface area contributed by atoms with Gasteiger partial charge in [-0.2, -0.15) is 0 Å². The molecule has 0 aliphatic heterocycles. The molecule has 0 aromatic carbocycles. The van der Waals surface area contributed by atoms with Gasteiger partial charge in [-0.3, -0.25) is 0 Å². The van der Waals surface area contributed by atoms with Crippen molar-refractivity contribution in [2.24, 2.45) is 58.2 Å². The molecule has 0 heterocycles. The molecular formula is C30H54O5. The normalized spacial score (nSPS) is 48.2. The second-order valence-corrected chi connectivity index (χ2v) is 13.3. The van der Waals surface area contributed by atoms with Crippen LogP contribution in [0.4, 0.5) is 0 Å². The standard InChI is InChI=1S/C30H54O5/c1-8-21-23-15-19(2)9-12-29(23,4)22-10-13-30(5)24(26(22)28(21)35-18-33-7)16-25(34-17-32-6)27(30)20(3)11-14-31/h19-28,31H,8-18H2,1-7H3/t19-,20-,21-,22?,23+,24?,25+,26?,27+,28?,29-,30+/m1/s1. The van der Waals surface area contributed by atoms with Crippen LogP contribution in [0.15, 0.2) is 0 Å². The van der Waals surface area contributed by atoms with Crippen molar-refractivity contribution in [3.8, 4) is 0 Å². The van der Waals surface area contributed by atoms with Crippen molar-refractivity contribution < 1.29 is 24.1 Å². The van der Waals surface area contributed by atoms with Gasteiger partial charge in [0.05, 0.1) is 12.2 Å². The maximum atomic E-state index is 9.82. The molecule has 4 aliphatic rings. The Hall–Kier alpha value is -0.200. The van der Waals surface area contributed by atoms with Gasteiger partial charge >= 0.3 is 0 Å². The predicted octanol–water partition coefficient (Wildman–Crippen LogP) is 6.13. The van der Waals surface area contributed by atoms with Crippen LogP contribution >= 0.6 is 0 Å². The first-order valence-electron chi connectivity index (χ1n) is 14.6. The molecule has 4 aliphatic carbocycles.